The van der Waals surface area contributed by atoms with Crippen LogP contribution >= 0.6 is 11.6 Å². The number of benzene rings is 2. The first-order valence-electron chi connectivity index (χ1n) is 8.10. The van der Waals surface area contributed by atoms with Crippen molar-refractivity contribution in [3.63, 3.8) is 0 Å². The van der Waals surface area contributed by atoms with Crippen molar-refractivity contribution >= 4 is 22.5 Å². The zero-order valence-corrected chi connectivity index (χ0v) is 15.1. The van der Waals surface area contributed by atoms with Crippen molar-refractivity contribution < 1.29 is 9.26 Å². The Morgan fingerprint density at radius 3 is 2.58 bits per heavy atom. The van der Waals surface area contributed by atoms with Gasteiger partial charge in [0.15, 0.2) is 0 Å². The lowest BCUT2D eigenvalue weighted by Crippen LogP contribution is -2.00. The minimum atomic E-state index is 0.436. The Bertz CT molecular complexity index is 1080. The molecule has 26 heavy (non-hydrogen) atoms. The van der Waals surface area contributed by atoms with Gasteiger partial charge >= 0.3 is 0 Å². The predicted molar refractivity (Wildman–Crippen MR) is 101 cm³/mol. The molecule has 2 N–H and O–H groups in total. The topological polar surface area (TPSA) is 79.1 Å². The second kappa shape index (κ2) is 6.48. The molecule has 4 rings (SSSR count). The van der Waals surface area contributed by atoms with E-state index in [-0.39, 0.29) is 0 Å². The summed E-state index contributed by atoms with van der Waals surface area (Å²) in [5, 5.41) is 5.46. The van der Waals surface area contributed by atoms with Gasteiger partial charge in [-0.3, -0.25) is 0 Å². The second-order valence-electron chi connectivity index (χ2n) is 5.89. The van der Waals surface area contributed by atoms with Crippen molar-refractivity contribution in [2.24, 2.45) is 5.73 Å². The number of hydrogen-bond acceptors (Lipinski definition) is 5. The molecule has 132 valence electrons. The fraction of sp³-hybridized carbons (Fsp3) is 0.158. The number of halogens is 1. The first kappa shape index (κ1) is 16.6. The molecule has 6 nitrogen and oxygen atoms in total. The summed E-state index contributed by atoms with van der Waals surface area (Å²) in [4.78, 5) is 4.37. The molecule has 0 aliphatic rings. The summed E-state index contributed by atoms with van der Waals surface area (Å²) in [5.41, 5.74) is 9.30. The average molecular weight is 369 g/mol. The van der Waals surface area contributed by atoms with Crippen molar-refractivity contribution in [3.05, 3.63) is 58.9 Å². The zero-order valence-electron chi connectivity index (χ0n) is 14.4. The number of aryl methyl sites for hydroxylation is 1. The van der Waals surface area contributed by atoms with Crippen LogP contribution in [0.25, 0.3) is 28.1 Å². The number of aromatic nitrogens is 3. The summed E-state index contributed by atoms with van der Waals surface area (Å²) in [6.07, 6.45) is 0. The van der Waals surface area contributed by atoms with Crippen LogP contribution in [0.2, 0.25) is 5.02 Å². The maximum Gasteiger partial charge on any atom is 0.223 e. The summed E-state index contributed by atoms with van der Waals surface area (Å²) in [6, 6.07) is 13.7. The molecule has 2 heterocycles. The summed E-state index contributed by atoms with van der Waals surface area (Å²) < 4.78 is 12.5. The Hall–Kier alpha value is -2.83. The number of rotatable bonds is 4. The van der Waals surface area contributed by atoms with Gasteiger partial charge in [0.2, 0.25) is 11.7 Å². The minimum absolute atomic E-state index is 0.436. The Labute approximate surface area is 155 Å². The highest BCUT2D eigenvalue weighted by atomic mass is 35.5. The fourth-order valence-corrected chi connectivity index (χ4v) is 3.32. The number of nitrogens with two attached hydrogens (primary N) is 1. The molecule has 0 bridgehead atoms. The van der Waals surface area contributed by atoms with Crippen LogP contribution in [0.3, 0.4) is 0 Å². The van der Waals surface area contributed by atoms with Gasteiger partial charge in [0.1, 0.15) is 11.4 Å². The van der Waals surface area contributed by atoms with Crippen LogP contribution in [0, 0.1) is 6.92 Å². The van der Waals surface area contributed by atoms with Crippen LogP contribution in [0.1, 0.15) is 11.5 Å². The lowest BCUT2D eigenvalue weighted by Gasteiger charge is -2.10. The van der Waals surface area contributed by atoms with Gasteiger partial charge in [-0.1, -0.05) is 28.9 Å². The molecular weight excluding hydrogens is 352 g/mol. The van der Waals surface area contributed by atoms with Gasteiger partial charge < -0.3 is 19.6 Å². The van der Waals surface area contributed by atoms with E-state index in [0.717, 1.165) is 27.9 Å². The summed E-state index contributed by atoms with van der Waals surface area (Å²) in [7, 11) is 1.63. The van der Waals surface area contributed by atoms with Gasteiger partial charge in [-0.2, -0.15) is 4.98 Å². The number of hydrogen-bond donors (Lipinski definition) is 1. The molecular formula is C19H17ClN4O2. The number of nitrogens with zero attached hydrogens (tertiary/aromatic N) is 3. The zero-order chi connectivity index (χ0) is 18.3. The van der Waals surface area contributed by atoms with Crippen molar-refractivity contribution in [1.29, 1.82) is 0 Å². The van der Waals surface area contributed by atoms with Gasteiger partial charge in [0, 0.05) is 24.5 Å². The largest absolute Gasteiger partial charge is 0.497 e. The second-order valence-corrected chi connectivity index (χ2v) is 6.27. The van der Waals surface area contributed by atoms with E-state index in [2.05, 4.69) is 10.1 Å². The van der Waals surface area contributed by atoms with Gasteiger partial charge in [0.05, 0.1) is 17.6 Å². The minimum Gasteiger partial charge on any atom is -0.497 e. The standard InChI is InChI=1S/C19H17ClN4O2/c1-11-22-19(23-26-11)18-17(20)15-9-14(25-2)7-8-16(15)24(18)13-5-3-12(10-21)4-6-13/h3-9H,10,21H2,1-2H3. The van der Waals surface area contributed by atoms with E-state index < -0.39 is 0 Å². The van der Waals surface area contributed by atoms with Crippen LogP contribution in [-0.2, 0) is 6.54 Å². The Morgan fingerprint density at radius 1 is 1.19 bits per heavy atom. The number of methoxy groups -OCH3 is 1. The van der Waals surface area contributed by atoms with Gasteiger partial charge in [-0.05, 0) is 35.9 Å². The number of ether oxygens (including phenoxy) is 1. The summed E-state index contributed by atoms with van der Waals surface area (Å²) in [6.45, 7) is 2.23. The Kier molecular flexibility index (Phi) is 4.14. The van der Waals surface area contributed by atoms with E-state index in [1.807, 2.05) is 47.0 Å². The van der Waals surface area contributed by atoms with E-state index in [9.17, 15) is 0 Å². The highest BCUT2D eigenvalue weighted by molar-refractivity contribution is 6.38. The van der Waals surface area contributed by atoms with Crippen molar-refractivity contribution in [2.45, 2.75) is 13.5 Å². The molecule has 2 aromatic heterocycles. The molecule has 0 saturated carbocycles. The van der Waals surface area contributed by atoms with Crippen molar-refractivity contribution in [2.75, 3.05) is 7.11 Å². The van der Waals surface area contributed by atoms with E-state index in [0.29, 0.717) is 29.0 Å². The van der Waals surface area contributed by atoms with Gasteiger partial charge in [-0.15, -0.1) is 0 Å². The number of fused-ring (bicyclic) bond motifs is 1. The maximum absolute atomic E-state index is 6.73. The van der Waals surface area contributed by atoms with E-state index in [1.54, 1.807) is 14.0 Å². The van der Waals surface area contributed by atoms with Gasteiger partial charge in [0.25, 0.3) is 0 Å². The Balaban J connectivity index is 2.04. The van der Waals surface area contributed by atoms with Crippen LogP contribution in [0.15, 0.2) is 47.0 Å². The third-order valence-corrected chi connectivity index (χ3v) is 4.66. The highest BCUT2D eigenvalue weighted by Gasteiger charge is 2.22. The quantitative estimate of drug-likeness (QED) is 0.586. The van der Waals surface area contributed by atoms with Crippen molar-refractivity contribution in [3.8, 4) is 23.0 Å². The maximum atomic E-state index is 6.73. The molecule has 0 radical (unpaired) electrons. The van der Waals surface area contributed by atoms with Crippen LogP contribution in [0.5, 0.6) is 5.75 Å². The van der Waals surface area contributed by atoms with E-state index >= 15 is 0 Å². The van der Waals surface area contributed by atoms with Crippen molar-refractivity contribution in [1.82, 2.24) is 14.7 Å². The average Bonchev–Trinajstić information content (AvgIpc) is 3.22. The first-order valence-corrected chi connectivity index (χ1v) is 8.48. The molecule has 0 aliphatic heterocycles. The summed E-state index contributed by atoms with van der Waals surface area (Å²) >= 11 is 6.73. The summed E-state index contributed by atoms with van der Waals surface area (Å²) in [5.74, 6) is 1.64. The molecule has 0 atom stereocenters. The smallest absolute Gasteiger partial charge is 0.223 e. The molecule has 0 unspecified atom stereocenters. The third-order valence-electron chi connectivity index (χ3n) is 4.28. The van der Waals surface area contributed by atoms with E-state index in [4.69, 9.17) is 26.6 Å². The lowest BCUT2D eigenvalue weighted by molar-refractivity contribution is 0.394. The highest BCUT2D eigenvalue weighted by Crippen LogP contribution is 2.40. The molecule has 4 aromatic rings. The monoisotopic (exact) mass is 368 g/mol. The first-order chi connectivity index (χ1) is 12.6. The normalized spacial score (nSPS) is 11.2. The van der Waals surface area contributed by atoms with Crippen LogP contribution < -0.4 is 10.5 Å². The third kappa shape index (κ3) is 2.64. The van der Waals surface area contributed by atoms with Crippen LogP contribution in [-0.4, -0.2) is 21.8 Å². The molecule has 0 amide bonds. The molecule has 0 saturated heterocycles. The molecule has 0 spiro atoms. The Morgan fingerprint density at radius 2 is 1.96 bits per heavy atom. The van der Waals surface area contributed by atoms with Crippen LogP contribution in [0.4, 0.5) is 0 Å². The fourth-order valence-electron chi connectivity index (χ4n) is 3.00. The molecule has 0 aliphatic carbocycles. The molecule has 2 aromatic carbocycles. The molecule has 7 heteroatoms. The van der Waals surface area contributed by atoms with Gasteiger partial charge in [-0.25, -0.2) is 0 Å². The lowest BCUT2D eigenvalue weighted by atomic mass is 10.2. The SMILES string of the molecule is COc1ccc2c(c1)c(Cl)c(-c1noc(C)n1)n2-c1ccc(CN)cc1. The van der Waals surface area contributed by atoms with E-state index in [1.165, 1.54) is 0 Å². The predicted octanol–water partition coefficient (Wildman–Crippen LogP) is 4.11. The molecule has 0 fully saturated rings.